The maximum atomic E-state index is 12.4. The lowest BCUT2D eigenvalue weighted by molar-refractivity contribution is 0.249. The number of nitrogens with one attached hydrogen (secondary N) is 3. The molecule has 0 fully saturated rings. The molecule has 0 aliphatic heterocycles. The molecule has 4 rings (SSSR count). The molecule has 29 heavy (non-hydrogen) atoms. The van der Waals surface area contributed by atoms with Crippen LogP contribution in [0.3, 0.4) is 0 Å². The number of carbonyl (C=O) groups is 1. The van der Waals surface area contributed by atoms with Gasteiger partial charge in [-0.3, -0.25) is 20.4 Å². The first-order valence-corrected chi connectivity index (χ1v) is 9.27. The summed E-state index contributed by atoms with van der Waals surface area (Å²) in [4.78, 5) is 25.2. The minimum atomic E-state index is -0.350. The van der Waals surface area contributed by atoms with E-state index >= 15 is 0 Å². The number of aromatic nitrogens is 5. The Labute approximate surface area is 167 Å². The molecule has 0 aliphatic rings. The summed E-state index contributed by atoms with van der Waals surface area (Å²) in [7, 11) is 0. The summed E-state index contributed by atoms with van der Waals surface area (Å²) in [5.74, 6) is 0.431. The monoisotopic (exact) mass is 387 g/mol. The van der Waals surface area contributed by atoms with Crippen molar-refractivity contribution in [3.63, 3.8) is 0 Å². The summed E-state index contributed by atoms with van der Waals surface area (Å²) < 4.78 is 0. The second-order valence-electron chi connectivity index (χ2n) is 6.95. The van der Waals surface area contributed by atoms with Gasteiger partial charge in [0.25, 0.3) is 0 Å². The number of amides is 2. The van der Waals surface area contributed by atoms with Gasteiger partial charge in [0.1, 0.15) is 11.5 Å². The van der Waals surface area contributed by atoms with Gasteiger partial charge in [-0.25, -0.2) is 9.78 Å². The van der Waals surface area contributed by atoms with Crippen molar-refractivity contribution < 1.29 is 4.79 Å². The Balaban J connectivity index is 1.49. The lowest BCUT2D eigenvalue weighted by Gasteiger charge is -2.14. The summed E-state index contributed by atoms with van der Waals surface area (Å²) in [6.07, 6.45) is 5.19. The number of anilines is 1. The average molecular weight is 387 g/mol. The molecule has 8 nitrogen and oxygen atoms in total. The Morgan fingerprint density at radius 3 is 2.69 bits per heavy atom. The van der Waals surface area contributed by atoms with Crippen LogP contribution in [-0.4, -0.2) is 31.2 Å². The molecule has 4 aromatic rings. The van der Waals surface area contributed by atoms with E-state index in [1.807, 2.05) is 45.0 Å². The van der Waals surface area contributed by atoms with E-state index in [2.05, 4.69) is 35.8 Å². The largest absolute Gasteiger partial charge is 0.330 e. The minimum absolute atomic E-state index is 0.229. The van der Waals surface area contributed by atoms with Gasteiger partial charge in [0.05, 0.1) is 17.3 Å². The zero-order valence-corrected chi connectivity index (χ0v) is 16.4. The molecular formula is C21H21N7O. The van der Waals surface area contributed by atoms with E-state index in [-0.39, 0.29) is 12.1 Å². The fourth-order valence-electron chi connectivity index (χ4n) is 3.11. The summed E-state index contributed by atoms with van der Waals surface area (Å²) in [5, 5.41) is 13.9. The van der Waals surface area contributed by atoms with Crippen molar-refractivity contribution in [1.29, 1.82) is 0 Å². The first-order chi connectivity index (χ1) is 14.0. The Hall–Kier alpha value is -3.81. The van der Waals surface area contributed by atoms with Crippen molar-refractivity contribution in [2.45, 2.75) is 26.8 Å². The predicted octanol–water partition coefficient (Wildman–Crippen LogP) is 3.91. The first kappa shape index (κ1) is 18.5. The van der Waals surface area contributed by atoms with E-state index in [9.17, 15) is 4.79 Å². The predicted molar refractivity (Wildman–Crippen MR) is 111 cm³/mol. The number of aryl methyl sites for hydroxylation is 2. The zero-order chi connectivity index (χ0) is 20.4. The summed E-state index contributed by atoms with van der Waals surface area (Å²) in [6.45, 7) is 5.81. The molecule has 2 amide bonds. The highest BCUT2D eigenvalue weighted by molar-refractivity contribution is 5.95. The van der Waals surface area contributed by atoms with Crippen LogP contribution in [-0.2, 0) is 0 Å². The third kappa shape index (κ3) is 4.06. The van der Waals surface area contributed by atoms with Crippen LogP contribution in [0.15, 0.2) is 48.9 Å². The number of hydrogen-bond donors (Lipinski definition) is 3. The van der Waals surface area contributed by atoms with Gasteiger partial charge in [-0.2, -0.15) is 5.10 Å². The second kappa shape index (κ2) is 7.67. The highest BCUT2D eigenvalue weighted by atomic mass is 16.2. The number of pyridine rings is 3. The van der Waals surface area contributed by atoms with Crippen LogP contribution in [0.2, 0.25) is 0 Å². The van der Waals surface area contributed by atoms with Crippen LogP contribution in [0.1, 0.15) is 29.9 Å². The highest BCUT2D eigenvalue weighted by Gasteiger charge is 2.13. The second-order valence-corrected chi connectivity index (χ2v) is 6.95. The van der Waals surface area contributed by atoms with Crippen LogP contribution in [0, 0.1) is 13.8 Å². The number of fused-ring (bicyclic) bond motifs is 1. The molecule has 3 N–H and O–H groups in total. The van der Waals surface area contributed by atoms with Gasteiger partial charge in [-0.1, -0.05) is 0 Å². The number of urea groups is 1. The third-order valence-electron chi connectivity index (χ3n) is 4.59. The lowest BCUT2D eigenvalue weighted by atomic mass is 10.1. The van der Waals surface area contributed by atoms with Crippen molar-refractivity contribution in [2.75, 3.05) is 5.32 Å². The third-order valence-corrected chi connectivity index (χ3v) is 4.59. The van der Waals surface area contributed by atoms with Crippen molar-refractivity contribution >= 4 is 22.8 Å². The molecular weight excluding hydrogens is 366 g/mol. The molecule has 1 unspecified atom stereocenters. The standard InChI is InChI=1S/C21H21N7O/c1-12-4-6-23-17(8-12)14(3)25-21(29)26-19-10-18-16(11-24-19)20(28-27-18)15-5-7-22-13(2)9-15/h4-11,14H,1-3H3,(H,27,28)(H2,24,25,26,29). The normalized spacial score (nSPS) is 12.0. The van der Waals surface area contributed by atoms with E-state index < -0.39 is 0 Å². The number of aromatic amines is 1. The van der Waals surface area contributed by atoms with Gasteiger partial charge in [0, 0.05) is 41.3 Å². The molecule has 0 aromatic carbocycles. The minimum Gasteiger partial charge on any atom is -0.330 e. The molecule has 0 saturated carbocycles. The number of hydrogen-bond acceptors (Lipinski definition) is 5. The SMILES string of the molecule is Cc1ccnc(C(C)NC(=O)Nc2cc3[nH]nc(-c4ccnc(C)c4)c3cn2)c1. The molecule has 0 bridgehead atoms. The number of rotatable bonds is 4. The maximum Gasteiger partial charge on any atom is 0.320 e. The van der Waals surface area contributed by atoms with Gasteiger partial charge in [0.2, 0.25) is 0 Å². The van der Waals surface area contributed by atoms with E-state index in [4.69, 9.17) is 0 Å². The lowest BCUT2D eigenvalue weighted by Crippen LogP contribution is -2.31. The quantitative estimate of drug-likeness (QED) is 0.492. The fraction of sp³-hybridized carbons (Fsp3) is 0.190. The number of H-pyrrole nitrogens is 1. The van der Waals surface area contributed by atoms with Crippen LogP contribution in [0.4, 0.5) is 10.6 Å². The summed E-state index contributed by atoms with van der Waals surface area (Å²) in [5.41, 5.74) is 5.36. The molecule has 4 aromatic heterocycles. The fourth-order valence-corrected chi connectivity index (χ4v) is 3.11. The molecule has 0 radical (unpaired) electrons. The van der Waals surface area contributed by atoms with E-state index in [0.29, 0.717) is 5.82 Å². The van der Waals surface area contributed by atoms with Crippen molar-refractivity contribution in [2.24, 2.45) is 0 Å². The average Bonchev–Trinajstić information content (AvgIpc) is 3.11. The molecule has 0 spiro atoms. The maximum absolute atomic E-state index is 12.4. The summed E-state index contributed by atoms with van der Waals surface area (Å²) >= 11 is 0. The molecule has 8 heteroatoms. The van der Waals surface area contributed by atoms with E-state index in [0.717, 1.165) is 39.1 Å². The van der Waals surface area contributed by atoms with Crippen LogP contribution >= 0.6 is 0 Å². The van der Waals surface area contributed by atoms with Crippen LogP contribution in [0.25, 0.3) is 22.2 Å². The highest BCUT2D eigenvalue weighted by Crippen LogP contribution is 2.27. The Morgan fingerprint density at radius 2 is 1.90 bits per heavy atom. The van der Waals surface area contributed by atoms with Crippen molar-refractivity contribution in [3.05, 3.63) is 65.9 Å². The molecule has 0 saturated heterocycles. The number of carbonyl (C=O) groups excluding carboxylic acids is 1. The van der Waals surface area contributed by atoms with Gasteiger partial charge >= 0.3 is 6.03 Å². The molecule has 146 valence electrons. The van der Waals surface area contributed by atoms with E-state index in [1.54, 1.807) is 24.7 Å². The van der Waals surface area contributed by atoms with Crippen molar-refractivity contribution in [3.8, 4) is 11.3 Å². The molecule has 0 aliphatic carbocycles. The van der Waals surface area contributed by atoms with Crippen LogP contribution < -0.4 is 10.6 Å². The Bertz CT molecular complexity index is 1180. The zero-order valence-electron chi connectivity index (χ0n) is 16.4. The topological polar surface area (TPSA) is 108 Å². The first-order valence-electron chi connectivity index (χ1n) is 9.27. The smallest absolute Gasteiger partial charge is 0.320 e. The van der Waals surface area contributed by atoms with Gasteiger partial charge < -0.3 is 5.32 Å². The Kier molecular flexibility index (Phi) is 4.90. The van der Waals surface area contributed by atoms with Crippen LogP contribution in [0.5, 0.6) is 0 Å². The summed E-state index contributed by atoms with van der Waals surface area (Å²) in [6, 6.07) is 8.92. The molecule has 4 heterocycles. The number of nitrogens with zero attached hydrogens (tertiary/aromatic N) is 4. The van der Waals surface area contributed by atoms with Gasteiger partial charge in [0.15, 0.2) is 0 Å². The molecule has 1 atom stereocenters. The van der Waals surface area contributed by atoms with Gasteiger partial charge in [-0.05, 0) is 50.6 Å². The Morgan fingerprint density at radius 1 is 1.07 bits per heavy atom. The van der Waals surface area contributed by atoms with Crippen molar-refractivity contribution in [1.82, 2.24) is 30.5 Å². The van der Waals surface area contributed by atoms with Gasteiger partial charge in [-0.15, -0.1) is 0 Å². The van der Waals surface area contributed by atoms with E-state index in [1.165, 1.54) is 0 Å².